The van der Waals surface area contributed by atoms with Crippen molar-refractivity contribution in [3.05, 3.63) is 29.8 Å². The first kappa shape index (κ1) is 15.0. The number of nitrogens with zero attached hydrogens (tertiary/aromatic N) is 1. The van der Waals surface area contributed by atoms with Crippen LogP contribution in [0.1, 0.15) is 24.8 Å². The zero-order valence-corrected chi connectivity index (χ0v) is 12.2. The van der Waals surface area contributed by atoms with E-state index in [1.807, 2.05) is 12.1 Å². The molecule has 1 aromatic carbocycles. The molecule has 1 fully saturated rings. The lowest BCUT2D eigenvalue weighted by molar-refractivity contribution is 0.128. The van der Waals surface area contributed by atoms with E-state index in [0.717, 1.165) is 25.9 Å². The van der Waals surface area contributed by atoms with Crippen LogP contribution >= 0.6 is 0 Å². The number of para-hydroxylation sites is 1. The van der Waals surface area contributed by atoms with Crippen LogP contribution in [0.5, 0.6) is 5.75 Å². The Labute approximate surface area is 122 Å². The molecule has 0 spiro atoms. The topological polar surface area (TPSA) is 59.3 Å². The Morgan fingerprint density at radius 2 is 2.30 bits per heavy atom. The lowest BCUT2D eigenvalue weighted by Crippen LogP contribution is -2.18. The van der Waals surface area contributed by atoms with Crippen molar-refractivity contribution in [3.8, 4) is 11.8 Å². The first-order chi connectivity index (χ1) is 9.79. The van der Waals surface area contributed by atoms with E-state index in [2.05, 4.69) is 6.07 Å². The number of ether oxygens (including phenoxy) is 2. The van der Waals surface area contributed by atoms with Gasteiger partial charge in [-0.25, -0.2) is 0 Å². The monoisotopic (exact) mass is 293 g/mol. The molecule has 108 valence electrons. The predicted octanol–water partition coefficient (Wildman–Crippen LogP) is 2.25. The molecule has 1 saturated heterocycles. The molecule has 0 N–H and O–H groups in total. The van der Waals surface area contributed by atoms with Crippen LogP contribution in [0, 0.1) is 11.3 Å². The van der Waals surface area contributed by atoms with Crippen molar-refractivity contribution in [2.24, 2.45) is 0 Å². The second-order valence-corrected chi connectivity index (χ2v) is 6.38. The molecular weight excluding hydrogens is 274 g/mol. The van der Waals surface area contributed by atoms with E-state index >= 15 is 0 Å². The van der Waals surface area contributed by atoms with Crippen LogP contribution in [-0.4, -0.2) is 35.0 Å². The van der Waals surface area contributed by atoms with Gasteiger partial charge in [0.05, 0.1) is 18.3 Å². The maximum atomic E-state index is 11.9. The molecule has 0 radical (unpaired) electrons. The van der Waals surface area contributed by atoms with Crippen LogP contribution in [0.2, 0.25) is 0 Å². The molecular formula is C15H19NO3S. The second kappa shape index (κ2) is 8.03. The average Bonchev–Trinajstić information content (AvgIpc) is 2.97. The van der Waals surface area contributed by atoms with Crippen LogP contribution in [-0.2, 0) is 15.5 Å². The van der Waals surface area contributed by atoms with Gasteiger partial charge < -0.3 is 9.47 Å². The Morgan fingerprint density at radius 1 is 1.45 bits per heavy atom. The minimum absolute atomic E-state index is 0.177. The Balaban J connectivity index is 1.66. The molecule has 4 nitrogen and oxygen atoms in total. The molecule has 2 rings (SSSR count). The highest BCUT2D eigenvalue weighted by atomic mass is 32.2. The van der Waals surface area contributed by atoms with Crippen LogP contribution < -0.4 is 4.74 Å². The molecule has 1 heterocycles. The van der Waals surface area contributed by atoms with Crippen LogP contribution in [0.3, 0.4) is 0 Å². The minimum atomic E-state index is -0.845. The van der Waals surface area contributed by atoms with Gasteiger partial charge in [0.15, 0.2) is 0 Å². The maximum absolute atomic E-state index is 11.9. The van der Waals surface area contributed by atoms with Crippen LogP contribution in [0.4, 0.5) is 0 Å². The largest absolute Gasteiger partial charge is 0.492 e. The Hall–Kier alpha value is -1.38. The molecule has 0 amide bonds. The van der Waals surface area contributed by atoms with Crippen molar-refractivity contribution < 1.29 is 13.7 Å². The fourth-order valence-corrected chi connectivity index (χ4v) is 3.44. The van der Waals surface area contributed by atoms with Gasteiger partial charge in [-0.2, -0.15) is 5.26 Å². The Kier molecular flexibility index (Phi) is 6.03. The number of nitriles is 1. The molecule has 0 aliphatic carbocycles. The van der Waals surface area contributed by atoms with Crippen molar-refractivity contribution in [2.45, 2.75) is 25.4 Å². The fraction of sp³-hybridized carbons (Fsp3) is 0.533. The first-order valence-corrected chi connectivity index (χ1v) is 8.37. The Bertz CT molecular complexity index is 492. The molecule has 1 aliphatic heterocycles. The summed E-state index contributed by atoms with van der Waals surface area (Å²) in [6.07, 6.45) is 3.00. The summed E-state index contributed by atoms with van der Waals surface area (Å²) in [4.78, 5) is 0. The molecule has 1 aromatic rings. The summed E-state index contributed by atoms with van der Waals surface area (Å²) in [5, 5.41) is 8.93. The molecule has 2 unspecified atom stereocenters. The molecule has 5 heteroatoms. The fourth-order valence-electron chi connectivity index (χ4n) is 2.15. The molecule has 2 atom stereocenters. The third-order valence-electron chi connectivity index (χ3n) is 3.18. The van der Waals surface area contributed by atoms with E-state index in [9.17, 15) is 4.21 Å². The lowest BCUT2D eigenvalue weighted by atomic mass is 10.2. The molecule has 1 aliphatic rings. The minimum Gasteiger partial charge on any atom is -0.492 e. The number of hydrogen-bond acceptors (Lipinski definition) is 4. The van der Waals surface area contributed by atoms with Crippen molar-refractivity contribution in [2.75, 3.05) is 24.7 Å². The third-order valence-corrected chi connectivity index (χ3v) is 4.66. The van der Waals surface area contributed by atoms with E-state index in [0.29, 0.717) is 29.4 Å². The highest BCUT2D eigenvalue weighted by molar-refractivity contribution is 7.85. The zero-order valence-electron chi connectivity index (χ0n) is 11.4. The van der Waals surface area contributed by atoms with E-state index in [-0.39, 0.29) is 6.10 Å². The van der Waals surface area contributed by atoms with Gasteiger partial charge >= 0.3 is 0 Å². The normalized spacial score (nSPS) is 19.4. The van der Waals surface area contributed by atoms with Gasteiger partial charge in [-0.05, 0) is 31.4 Å². The number of benzene rings is 1. The smallest absolute Gasteiger partial charge is 0.137 e. The van der Waals surface area contributed by atoms with Crippen molar-refractivity contribution >= 4 is 10.8 Å². The summed E-state index contributed by atoms with van der Waals surface area (Å²) in [5.41, 5.74) is 0.535. The first-order valence-electron chi connectivity index (χ1n) is 6.88. The Morgan fingerprint density at radius 3 is 3.05 bits per heavy atom. The van der Waals surface area contributed by atoms with E-state index in [1.165, 1.54) is 0 Å². The predicted molar refractivity (Wildman–Crippen MR) is 78.1 cm³/mol. The summed E-state index contributed by atoms with van der Waals surface area (Å²) < 4.78 is 22.9. The van der Waals surface area contributed by atoms with E-state index in [4.69, 9.17) is 14.7 Å². The molecule has 0 bridgehead atoms. The maximum Gasteiger partial charge on any atom is 0.137 e. The molecule has 0 aromatic heterocycles. The average molecular weight is 293 g/mol. The number of rotatable bonds is 7. The second-order valence-electron chi connectivity index (χ2n) is 4.76. The SMILES string of the molecule is N#Cc1ccccc1OCCCS(=O)CC1CCCO1. The summed E-state index contributed by atoms with van der Waals surface area (Å²) in [7, 11) is -0.845. The van der Waals surface area contributed by atoms with Gasteiger partial charge in [0.25, 0.3) is 0 Å². The highest BCUT2D eigenvalue weighted by Gasteiger charge is 2.17. The van der Waals surface area contributed by atoms with Crippen LogP contribution in [0.25, 0.3) is 0 Å². The highest BCUT2D eigenvalue weighted by Crippen LogP contribution is 2.17. The van der Waals surface area contributed by atoms with Crippen molar-refractivity contribution in [3.63, 3.8) is 0 Å². The number of hydrogen-bond donors (Lipinski definition) is 0. The van der Waals surface area contributed by atoms with E-state index in [1.54, 1.807) is 12.1 Å². The third kappa shape index (κ3) is 4.62. The summed E-state index contributed by atoms with van der Waals surface area (Å²) in [5.74, 6) is 1.85. The summed E-state index contributed by atoms with van der Waals surface area (Å²) >= 11 is 0. The molecule has 0 saturated carbocycles. The summed E-state index contributed by atoms with van der Waals surface area (Å²) in [6.45, 7) is 1.28. The zero-order chi connectivity index (χ0) is 14.2. The lowest BCUT2D eigenvalue weighted by Gasteiger charge is -2.10. The van der Waals surface area contributed by atoms with Gasteiger partial charge in [-0.3, -0.25) is 4.21 Å². The van der Waals surface area contributed by atoms with Gasteiger partial charge in [-0.15, -0.1) is 0 Å². The van der Waals surface area contributed by atoms with Gasteiger partial charge in [0.2, 0.25) is 0 Å². The quantitative estimate of drug-likeness (QED) is 0.724. The van der Waals surface area contributed by atoms with Crippen molar-refractivity contribution in [1.82, 2.24) is 0 Å². The summed E-state index contributed by atoms with van der Waals surface area (Å²) in [6, 6.07) is 9.25. The standard InChI is InChI=1S/C15H19NO3S/c16-11-13-5-1-2-7-15(13)19-9-4-10-20(17)12-14-6-3-8-18-14/h1-2,5,7,14H,3-4,6,8-10,12H2. The molecule has 20 heavy (non-hydrogen) atoms. The van der Waals surface area contributed by atoms with Crippen molar-refractivity contribution in [1.29, 1.82) is 5.26 Å². The van der Waals surface area contributed by atoms with Gasteiger partial charge in [0.1, 0.15) is 11.8 Å². The van der Waals surface area contributed by atoms with Gasteiger partial charge in [0, 0.05) is 28.9 Å². The van der Waals surface area contributed by atoms with Gasteiger partial charge in [-0.1, -0.05) is 12.1 Å². The van der Waals surface area contributed by atoms with E-state index < -0.39 is 10.8 Å². The van der Waals surface area contributed by atoms with Crippen LogP contribution in [0.15, 0.2) is 24.3 Å².